The maximum Gasteiger partial charge on any atom is 0.238 e. The smallest absolute Gasteiger partial charge is 0.238 e. The van der Waals surface area contributed by atoms with Gasteiger partial charge in [-0.2, -0.15) is 0 Å². The zero-order valence-electron chi connectivity index (χ0n) is 17.8. The minimum Gasteiger partial charge on any atom is -0.372 e. The highest BCUT2D eigenvalue weighted by molar-refractivity contribution is 5.92. The predicted octanol–water partition coefficient (Wildman–Crippen LogP) is 3.68. The molecule has 0 bridgehead atoms. The van der Waals surface area contributed by atoms with Gasteiger partial charge in [-0.05, 0) is 63.2 Å². The van der Waals surface area contributed by atoms with E-state index >= 15 is 0 Å². The van der Waals surface area contributed by atoms with Gasteiger partial charge in [-0.25, -0.2) is 0 Å². The molecule has 1 aliphatic heterocycles. The molecule has 1 saturated heterocycles. The van der Waals surface area contributed by atoms with Gasteiger partial charge in [-0.1, -0.05) is 30.3 Å². The number of amides is 1. The molecule has 1 N–H and O–H groups in total. The van der Waals surface area contributed by atoms with Gasteiger partial charge in [0.05, 0.1) is 6.54 Å². The van der Waals surface area contributed by atoms with Crippen molar-refractivity contribution in [3.8, 4) is 0 Å². The van der Waals surface area contributed by atoms with E-state index in [9.17, 15) is 4.79 Å². The number of hydrogen-bond acceptors (Lipinski definition) is 4. The molecule has 0 radical (unpaired) electrons. The largest absolute Gasteiger partial charge is 0.372 e. The lowest BCUT2D eigenvalue weighted by molar-refractivity contribution is -0.117. The van der Waals surface area contributed by atoms with Crippen LogP contribution in [0, 0.1) is 0 Å². The summed E-state index contributed by atoms with van der Waals surface area (Å²) in [5.41, 5.74) is 3.41. The second kappa shape index (κ2) is 11.0. The van der Waals surface area contributed by atoms with Crippen LogP contribution < -0.4 is 10.2 Å². The second-order valence-corrected chi connectivity index (χ2v) is 7.66. The van der Waals surface area contributed by atoms with Crippen LogP contribution in [0.15, 0.2) is 54.6 Å². The van der Waals surface area contributed by atoms with Crippen molar-refractivity contribution in [1.29, 1.82) is 0 Å². The highest BCUT2D eigenvalue weighted by Crippen LogP contribution is 2.18. The fourth-order valence-electron chi connectivity index (χ4n) is 3.93. The Hall–Kier alpha value is -2.37. The number of anilines is 2. The molecule has 2 aromatic carbocycles. The number of hydrogen-bond donors (Lipinski definition) is 1. The quantitative estimate of drug-likeness (QED) is 0.741. The van der Waals surface area contributed by atoms with Gasteiger partial charge in [0.1, 0.15) is 0 Å². The zero-order valence-corrected chi connectivity index (χ0v) is 17.8. The van der Waals surface area contributed by atoms with Crippen LogP contribution in [0.2, 0.25) is 0 Å². The first-order valence-corrected chi connectivity index (χ1v) is 10.8. The number of rotatable bonds is 8. The van der Waals surface area contributed by atoms with Crippen LogP contribution in [0.1, 0.15) is 25.8 Å². The molecule has 2 aromatic rings. The Labute approximate surface area is 175 Å². The van der Waals surface area contributed by atoms with Gasteiger partial charge in [0.25, 0.3) is 0 Å². The summed E-state index contributed by atoms with van der Waals surface area (Å²) in [7, 11) is 0. The van der Waals surface area contributed by atoms with E-state index in [2.05, 4.69) is 76.3 Å². The third-order valence-electron chi connectivity index (χ3n) is 5.58. The molecular weight excluding hydrogens is 360 g/mol. The highest BCUT2D eigenvalue weighted by atomic mass is 16.2. The molecule has 0 unspecified atom stereocenters. The van der Waals surface area contributed by atoms with Gasteiger partial charge < -0.3 is 10.2 Å². The molecule has 3 rings (SSSR count). The summed E-state index contributed by atoms with van der Waals surface area (Å²) in [5.74, 6) is 0.0668. The summed E-state index contributed by atoms with van der Waals surface area (Å²) in [4.78, 5) is 19.6. The number of carbonyl (C=O) groups is 1. The first-order valence-electron chi connectivity index (χ1n) is 10.8. The van der Waals surface area contributed by atoms with Crippen LogP contribution in [0.25, 0.3) is 0 Å². The summed E-state index contributed by atoms with van der Waals surface area (Å²) in [6.07, 6.45) is 1.10. The average Bonchev–Trinajstić information content (AvgIpc) is 2.96. The van der Waals surface area contributed by atoms with Crippen molar-refractivity contribution in [2.24, 2.45) is 0 Å². The molecule has 0 saturated carbocycles. The molecule has 0 atom stereocenters. The second-order valence-electron chi connectivity index (χ2n) is 7.66. The van der Waals surface area contributed by atoms with Crippen molar-refractivity contribution in [2.75, 3.05) is 56.0 Å². The standard InChI is InChI=1S/C24H34N4O/c1-3-28(4-2)23-13-11-22(12-14-23)25-24(29)20-27-16-8-15-26(17-18-27)19-21-9-6-5-7-10-21/h5-7,9-14H,3-4,8,15-20H2,1-2H3,(H,25,29). The summed E-state index contributed by atoms with van der Waals surface area (Å²) in [5, 5.41) is 3.05. The molecule has 1 fully saturated rings. The maximum absolute atomic E-state index is 12.5. The number of benzene rings is 2. The topological polar surface area (TPSA) is 38.8 Å². The Kier molecular flexibility index (Phi) is 8.08. The van der Waals surface area contributed by atoms with Crippen molar-refractivity contribution in [1.82, 2.24) is 9.80 Å². The molecule has 0 spiro atoms. The van der Waals surface area contributed by atoms with E-state index in [1.165, 1.54) is 11.3 Å². The fraction of sp³-hybridized carbons (Fsp3) is 0.458. The monoisotopic (exact) mass is 394 g/mol. The normalized spacial score (nSPS) is 15.7. The minimum absolute atomic E-state index is 0.0668. The van der Waals surface area contributed by atoms with Crippen molar-refractivity contribution < 1.29 is 4.79 Å². The maximum atomic E-state index is 12.5. The molecular formula is C24H34N4O. The van der Waals surface area contributed by atoms with Crippen LogP contribution in [-0.2, 0) is 11.3 Å². The van der Waals surface area contributed by atoms with Crippen molar-refractivity contribution >= 4 is 17.3 Å². The van der Waals surface area contributed by atoms with Gasteiger partial charge >= 0.3 is 0 Å². The highest BCUT2D eigenvalue weighted by Gasteiger charge is 2.17. The Balaban J connectivity index is 1.45. The van der Waals surface area contributed by atoms with E-state index in [0.717, 1.165) is 57.9 Å². The Morgan fingerprint density at radius 2 is 1.55 bits per heavy atom. The van der Waals surface area contributed by atoms with Crippen LogP contribution in [0.5, 0.6) is 0 Å². The van der Waals surface area contributed by atoms with Crippen molar-refractivity contribution in [3.63, 3.8) is 0 Å². The molecule has 1 aliphatic rings. The Morgan fingerprint density at radius 3 is 2.24 bits per heavy atom. The summed E-state index contributed by atoms with van der Waals surface area (Å²) in [6, 6.07) is 18.8. The van der Waals surface area contributed by atoms with Gasteiger partial charge in [-0.15, -0.1) is 0 Å². The van der Waals surface area contributed by atoms with Gasteiger partial charge in [-0.3, -0.25) is 14.6 Å². The average molecular weight is 395 g/mol. The van der Waals surface area contributed by atoms with Gasteiger partial charge in [0, 0.05) is 44.1 Å². The molecule has 0 aliphatic carbocycles. The first kappa shape index (κ1) is 21.3. The molecule has 5 nitrogen and oxygen atoms in total. The lowest BCUT2D eigenvalue weighted by Crippen LogP contribution is -2.36. The molecule has 5 heteroatoms. The number of nitrogens with one attached hydrogen (secondary N) is 1. The predicted molar refractivity (Wildman–Crippen MR) is 121 cm³/mol. The van der Waals surface area contributed by atoms with E-state index < -0.39 is 0 Å². The molecule has 0 aromatic heterocycles. The van der Waals surface area contributed by atoms with Crippen molar-refractivity contribution in [2.45, 2.75) is 26.8 Å². The summed E-state index contributed by atoms with van der Waals surface area (Å²) in [6.45, 7) is 11.7. The van der Waals surface area contributed by atoms with Crippen LogP contribution >= 0.6 is 0 Å². The summed E-state index contributed by atoms with van der Waals surface area (Å²) >= 11 is 0. The van der Waals surface area contributed by atoms with E-state index in [1.807, 2.05) is 12.1 Å². The first-order chi connectivity index (χ1) is 14.2. The molecule has 1 amide bonds. The van der Waals surface area contributed by atoms with Crippen molar-refractivity contribution in [3.05, 3.63) is 60.2 Å². The van der Waals surface area contributed by atoms with Crippen LogP contribution in [0.3, 0.4) is 0 Å². The molecule has 29 heavy (non-hydrogen) atoms. The summed E-state index contributed by atoms with van der Waals surface area (Å²) < 4.78 is 0. The molecule has 1 heterocycles. The van der Waals surface area contributed by atoms with E-state index in [4.69, 9.17) is 0 Å². The lowest BCUT2D eigenvalue weighted by Gasteiger charge is -2.22. The third kappa shape index (κ3) is 6.58. The fourth-order valence-corrected chi connectivity index (χ4v) is 3.93. The number of carbonyl (C=O) groups excluding carboxylic acids is 1. The minimum atomic E-state index is 0.0668. The van der Waals surface area contributed by atoms with Crippen LogP contribution in [-0.4, -0.2) is 61.5 Å². The van der Waals surface area contributed by atoms with Crippen LogP contribution in [0.4, 0.5) is 11.4 Å². The number of nitrogens with zero attached hydrogens (tertiary/aromatic N) is 3. The van der Waals surface area contributed by atoms with E-state index in [-0.39, 0.29) is 5.91 Å². The Morgan fingerprint density at radius 1 is 0.897 bits per heavy atom. The lowest BCUT2D eigenvalue weighted by atomic mass is 10.2. The molecule has 156 valence electrons. The SMILES string of the molecule is CCN(CC)c1ccc(NC(=O)CN2CCCN(Cc3ccccc3)CC2)cc1. The Bertz CT molecular complexity index is 743. The van der Waals surface area contributed by atoms with Gasteiger partial charge in [0.2, 0.25) is 5.91 Å². The third-order valence-corrected chi connectivity index (χ3v) is 5.58. The van der Waals surface area contributed by atoms with E-state index in [0.29, 0.717) is 6.54 Å². The zero-order chi connectivity index (χ0) is 20.5. The van der Waals surface area contributed by atoms with E-state index in [1.54, 1.807) is 0 Å². The van der Waals surface area contributed by atoms with Gasteiger partial charge in [0.15, 0.2) is 0 Å².